The number of ether oxygens (including phenoxy) is 2. The van der Waals surface area contributed by atoms with Gasteiger partial charge in [-0.2, -0.15) is 0 Å². The first kappa shape index (κ1) is 26.9. The summed E-state index contributed by atoms with van der Waals surface area (Å²) < 4.78 is 27.6. The van der Waals surface area contributed by atoms with E-state index in [1.165, 1.54) is 0 Å². The third-order valence-electron chi connectivity index (χ3n) is 3.18. The second kappa shape index (κ2) is 11.0. The summed E-state index contributed by atoms with van der Waals surface area (Å²) in [4.78, 5) is 24.3. The van der Waals surface area contributed by atoms with Gasteiger partial charge in [0.1, 0.15) is 11.2 Å². The van der Waals surface area contributed by atoms with Crippen molar-refractivity contribution in [1.29, 1.82) is 0 Å². The van der Waals surface area contributed by atoms with Gasteiger partial charge in [-0.1, -0.05) is 62.2 Å². The molecular formula is C19H29Br2N2O6P. The van der Waals surface area contributed by atoms with Crippen molar-refractivity contribution in [2.24, 2.45) is 0 Å². The summed E-state index contributed by atoms with van der Waals surface area (Å²) in [6, 6.07) is 9.09. The fourth-order valence-electron chi connectivity index (χ4n) is 1.98. The topological polar surface area (TPSA) is 103 Å². The van der Waals surface area contributed by atoms with E-state index < -0.39 is 40.1 Å². The third-order valence-corrected chi connectivity index (χ3v) is 9.12. The van der Waals surface area contributed by atoms with Crippen molar-refractivity contribution in [3.63, 3.8) is 0 Å². The van der Waals surface area contributed by atoms with E-state index in [2.05, 4.69) is 42.5 Å². The highest BCUT2D eigenvalue weighted by Crippen LogP contribution is 2.59. The second-order valence-corrected chi connectivity index (χ2v) is 14.2. The SMILES string of the molecule is CC(C)(C)OC(=O)NC(Br)P(=O)(OCc1ccccc1)C(Br)NC(=O)OC(C)(C)C. The lowest BCUT2D eigenvalue weighted by Crippen LogP contribution is -2.42. The minimum atomic E-state index is -3.80. The number of alkyl carbamates (subject to hydrolysis) is 2. The Labute approximate surface area is 194 Å². The van der Waals surface area contributed by atoms with Crippen LogP contribution in [-0.4, -0.2) is 32.8 Å². The standard InChI is InChI=1S/C19H29Br2N2O6P/c1-18(2,3)28-16(24)22-14(20)30(26,27-12-13-10-8-7-9-11-13)15(21)23-17(25)29-19(4,5)6/h7-11,14-15H,12H2,1-6H3,(H,22,24)(H,23,25). The molecule has 0 fully saturated rings. The molecule has 0 heterocycles. The number of alkyl halides is 2. The van der Waals surface area contributed by atoms with E-state index in [9.17, 15) is 14.2 Å². The Morgan fingerprint density at radius 1 is 0.900 bits per heavy atom. The third kappa shape index (κ3) is 9.81. The Morgan fingerprint density at radius 3 is 1.67 bits per heavy atom. The lowest BCUT2D eigenvalue weighted by Gasteiger charge is -2.30. The van der Waals surface area contributed by atoms with Crippen LogP contribution in [0.3, 0.4) is 0 Å². The maximum absolute atomic E-state index is 13.7. The number of nitrogens with one attached hydrogen (secondary N) is 2. The quantitative estimate of drug-likeness (QED) is 0.240. The first-order chi connectivity index (χ1) is 13.6. The van der Waals surface area contributed by atoms with Crippen LogP contribution in [0.1, 0.15) is 47.1 Å². The van der Waals surface area contributed by atoms with Crippen molar-refractivity contribution < 1.29 is 28.2 Å². The Kier molecular flexibility index (Phi) is 9.86. The molecule has 0 saturated heterocycles. The predicted octanol–water partition coefficient (Wildman–Crippen LogP) is 5.89. The largest absolute Gasteiger partial charge is 0.444 e. The van der Waals surface area contributed by atoms with Crippen molar-refractivity contribution in [3.05, 3.63) is 35.9 Å². The van der Waals surface area contributed by atoms with Gasteiger partial charge in [0.2, 0.25) is 0 Å². The summed E-state index contributed by atoms with van der Waals surface area (Å²) in [5, 5.41) is 4.92. The number of hydrogen-bond donors (Lipinski definition) is 2. The number of amides is 2. The van der Waals surface area contributed by atoms with Gasteiger partial charge in [-0.15, -0.1) is 0 Å². The molecule has 1 aromatic carbocycles. The minimum Gasteiger partial charge on any atom is -0.444 e. The van der Waals surface area contributed by atoms with Crippen LogP contribution in [0.2, 0.25) is 0 Å². The fourth-order valence-corrected chi connectivity index (χ4v) is 6.85. The lowest BCUT2D eigenvalue weighted by atomic mass is 10.2. The highest BCUT2D eigenvalue weighted by Gasteiger charge is 2.43. The molecule has 170 valence electrons. The van der Waals surface area contributed by atoms with Crippen molar-refractivity contribution in [2.45, 2.75) is 68.7 Å². The molecule has 1 aromatic rings. The number of carbonyl (C=O) groups is 2. The smallest absolute Gasteiger partial charge is 0.408 e. The van der Waals surface area contributed by atoms with Gasteiger partial charge in [-0.05, 0) is 47.1 Å². The number of halogens is 2. The van der Waals surface area contributed by atoms with Crippen LogP contribution < -0.4 is 10.6 Å². The predicted molar refractivity (Wildman–Crippen MR) is 123 cm³/mol. The Hall–Kier alpha value is -1.09. The summed E-state index contributed by atoms with van der Waals surface area (Å²) in [6.07, 6.45) is -1.57. The Balaban J connectivity index is 3.00. The molecule has 2 unspecified atom stereocenters. The molecule has 8 nitrogen and oxygen atoms in total. The molecule has 2 atom stereocenters. The molecule has 11 heteroatoms. The fraction of sp³-hybridized carbons (Fsp3) is 0.579. The van der Waals surface area contributed by atoms with Gasteiger partial charge >= 0.3 is 12.2 Å². The molecule has 0 spiro atoms. The summed E-state index contributed by atoms with van der Waals surface area (Å²) in [5.74, 6) is 0. The van der Waals surface area contributed by atoms with Crippen molar-refractivity contribution >= 4 is 51.4 Å². The second-order valence-electron chi connectivity index (χ2n) is 8.37. The molecule has 0 bridgehead atoms. The van der Waals surface area contributed by atoms with Gasteiger partial charge in [-0.3, -0.25) is 15.2 Å². The summed E-state index contributed by atoms with van der Waals surface area (Å²) in [6.45, 7) is 10.2. The minimum absolute atomic E-state index is 0.00564. The van der Waals surface area contributed by atoms with Crippen molar-refractivity contribution in [2.75, 3.05) is 0 Å². The van der Waals surface area contributed by atoms with Gasteiger partial charge < -0.3 is 14.0 Å². The van der Waals surface area contributed by atoms with E-state index in [1.54, 1.807) is 53.7 Å². The molecule has 0 radical (unpaired) electrons. The van der Waals surface area contributed by atoms with Crippen molar-refractivity contribution in [3.8, 4) is 0 Å². The molecule has 1 rings (SSSR count). The molecule has 0 aromatic heterocycles. The number of benzene rings is 1. The molecule has 0 aliphatic carbocycles. The Bertz CT molecular complexity index is 725. The van der Waals surface area contributed by atoms with Crippen LogP contribution in [0.15, 0.2) is 30.3 Å². The summed E-state index contributed by atoms with van der Waals surface area (Å²) in [7, 11) is -3.80. The number of carbonyl (C=O) groups excluding carboxylic acids is 2. The summed E-state index contributed by atoms with van der Waals surface area (Å²) >= 11 is 6.42. The van der Waals surface area contributed by atoms with Gasteiger partial charge in [0, 0.05) is 0 Å². The first-order valence-electron chi connectivity index (χ1n) is 9.17. The van der Waals surface area contributed by atoms with Crippen LogP contribution in [-0.2, 0) is 25.2 Å². The maximum atomic E-state index is 13.7. The van der Waals surface area contributed by atoms with E-state index in [-0.39, 0.29) is 6.61 Å². The van der Waals surface area contributed by atoms with E-state index in [4.69, 9.17) is 14.0 Å². The van der Waals surface area contributed by atoms with Gasteiger partial charge in [0.25, 0.3) is 7.37 Å². The number of hydrogen-bond acceptors (Lipinski definition) is 6. The zero-order valence-electron chi connectivity index (χ0n) is 17.9. The van der Waals surface area contributed by atoms with Crippen LogP contribution in [0, 0.1) is 0 Å². The van der Waals surface area contributed by atoms with Gasteiger partial charge in [0.05, 0.1) is 6.61 Å². The zero-order chi connectivity index (χ0) is 23.2. The van der Waals surface area contributed by atoms with Crippen molar-refractivity contribution in [1.82, 2.24) is 10.6 Å². The molecule has 30 heavy (non-hydrogen) atoms. The van der Waals surface area contributed by atoms with E-state index in [1.807, 2.05) is 18.2 Å². The maximum Gasteiger partial charge on any atom is 0.408 e. The van der Waals surface area contributed by atoms with E-state index in [0.29, 0.717) is 0 Å². The lowest BCUT2D eigenvalue weighted by molar-refractivity contribution is 0.0527. The zero-order valence-corrected chi connectivity index (χ0v) is 22.0. The molecule has 2 amide bonds. The monoisotopic (exact) mass is 570 g/mol. The number of rotatable bonds is 7. The molecule has 0 saturated carbocycles. The molecule has 2 N–H and O–H groups in total. The normalized spacial score (nSPS) is 16.0. The summed E-state index contributed by atoms with van der Waals surface area (Å²) in [5.41, 5.74) is -0.714. The van der Waals surface area contributed by atoms with E-state index >= 15 is 0 Å². The highest BCUT2D eigenvalue weighted by atomic mass is 79.9. The molecular weight excluding hydrogens is 543 g/mol. The van der Waals surface area contributed by atoms with Crippen LogP contribution in [0.5, 0.6) is 0 Å². The molecule has 0 aliphatic heterocycles. The van der Waals surface area contributed by atoms with Gasteiger partial charge in [0.15, 0.2) is 9.38 Å². The Morgan fingerprint density at radius 2 is 1.30 bits per heavy atom. The first-order valence-corrected chi connectivity index (χ1v) is 12.8. The van der Waals surface area contributed by atoms with Gasteiger partial charge in [-0.25, -0.2) is 9.59 Å². The van der Waals surface area contributed by atoms with Crippen LogP contribution in [0.4, 0.5) is 9.59 Å². The average Bonchev–Trinajstić information content (AvgIpc) is 2.56. The van der Waals surface area contributed by atoms with E-state index in [0.717, 1.165) is 5.56 Å². The van der Waals surface area contributed by atoms with Crippen LogP contribution in [0.25, 0.3) is 0 Å². The van der Waals surface area contributed by atoms with Crippen LogP contribution >= 0.6 is 39.2 Å². The highest BCUT2D eigenvalue weighted by molar-refractivity contribution is 9.12. The molecule has 0 aliphatic rings. The average molecular weight is 572 g/mol.